The van der Waals surface area contributed by atoms with Gasteiger partial charge in [-0.25, -0.2) is 0 Å². The molecule has 0 heterocycles. The summed E-state index contributed by atoms with van der Waals surface area (Å²) in [6.07, 6.45) is 1.65. The maximum atomic E-state index is 12.6. The summed E-state index contributed by atoms with van der Waals surface area (Å²) in [5.74, 6) is -0.188. The molecule has 2 N–H and O–H groups in total. The van der Waals surface area contributed by atoms with Crippen LogP contribution in [0.5, 0.6) is 5.75 Å². The van der Waals surface area contributed by atoms with Crippen LogP contribution in [-0.4, -0.2) is 18.9 Å². The van der Waals surface area contributed by atoms with Crippen molar-refractivity contribution in [3.63, 3.8) is 0 Å². The van der Waals surface area contributed by atoms with E-state index in [1.54, 1.807) is 24.3 Å². The zero-order valence-corrected chi connectivity index (χ0v) is 13.9. The zero-order valence-electron chi connectivity index (χ0n) is 13.9. The fraction of sp³-hybridized carbons (Fsp3) is 0.158. The van der Waals surface area contributed by atoms with Gasteiger partial charge in [0.25, 0.3) is 5.91 Å². The minimum absolute atomic E-state index is 0.169. The van der Waals surface area contributed by atoms with Crippen molar-refractivity contribution in [2.45, 2.75) is 13.8 Å². The van der Waals surface area contributed by atoms with Gasteiger partial charge in [0.15, 0.2) is 0 Å². The summed E-state index contributed by atoms with van der Waals surface area (Å²) >= 11 is 0. The Labute approximate surface area is 141 Å². The van der Waals surface area contributed by atoms with Crippen molar-refractivity contribution in [2.24, 2.45) is 0 Å². The number of hydrogen-bond acceptors (Lipinski definition) is 3. The van der Waals surface area contributed by atoms with Gasteiger partial charge in [-0.15, -0.1) is 0 Å². The standard InChI is InChI=1S/C19H20N2O3/c1-13-8-4-5-9-15(13)12-17(20-14(2)22)19(23)21-16-10-6-7-11-18(16)24-3/h4-12H,1-3H3,(H,20,22)(H,21,23)/b17-12+. The van der Waals surface area contributed by atoms with Crippen molar-refractivity contribution >= 4 is 23.6 Å². The van der Waals surface area contributed by atoms with Gasteiger partial charge in [-0.3, -0.25) is 9.59 Å². The number of methoxy groups -OCH3 is 1. The Balaban J connectivity index is 2.32. The highest BCUT2D eigenvalue weighted by molar-refractivity contribution is 6.09. The predicted octanol–water partition coefficient (Wildman–Crippen LogP) is 3.12. The second-order valence-electron chi connectivity index (χ2n) is 5.25. The number of carbonyl (C=O) groups excluding carboxylic acids is 2. The number of rotatable bonds is 5. The average Bonchev–Trinajstić information content (AvgIpc) is 2.56. The first-order chi connectivity index (χ1) is 11.5. The van der Waals surface area contributed by atoms with Gasteiger partial charge in [-0.1, -0.05) is 36.4 Å². The van der Waals surface area contributed by atoms with E-state index in [2.05, 4.69) is 10.6 Å². The molecule has 0 saturated carbocycles. The van der Waals surface area contributed by atoms with Crippen LogP contribution in [0.1, 0.15) is 18.1 Å². The maximum Gasteiger partial charge on any atom is 0.272 e. The summed E-state index contributed by atoms with van der Waals surface area (Å²) in [6, 6.07) is 14.7. The normalized spacial score (nSPS) is 10.9. The molecule has 0 aromatic heterocycles. The molecular formula is C19H20N2O3. The number of hydrogen-bond donors (Lipinski definition) is 2. The van der Waals surface area contributed by atoms with Gasteiger partial charge in [0.05, 0.1) is 12.8 Å². The van der Waals surface area contributed by atoms with Crippen molar-refractivity contribution in [3.8, 4) is 5.75 Å². The highest BCUT2D eigenvalue weighted by atomic mass is 16.5. The van der Waals surface area contributed by atoms with Crippen molar-refractivity contribution in [2.75, 3.05) is 12.4 Å². The number of carbonyl (C=O) groups is 2. The first-order valence-electron chi connectivity index (χ1n) is 7.50. The molecule has 0 spiro atoms. The maximum absolute atomic E-state index is 12.6. The fourth-order valence-electron chi connectivity index (χ4n) is 2.19. The van der Waals surface area contributed by atoms with E-state index in [9.17, 15) is 9.59 Å². The summed E-state index contributed by atoms with van der Waals surface area (Å²) in [4.78, 5) is 24.0. The van der Waals surface area contributed by atoms with E-state index in [4.69, 9.17) is 4.74 Å². The quantitative estimate of drug-likeness (QED) is 0.830. The van der Waals surface area contributed by atoms with Gasteiger partial charge in [0, 0.05) is 6.92 Å². The van der Waals surface area contributed by atoms with E-state index in [0.717, 1.165) is 11.1 Å². The molecule has 2 aromatic carbocycles. The van der Waals surface area contributed by atoms with Gasteiger partial charge >= 0.3 is 0 Å². The molecule has 0 saturated heterocycles. The molecule has 2 aromatic rings. The summed E-state index contributed by atoms with van der Waals surface area (Å²) in [6.45, 7) is 3.30. The molecule has 0 aliphatic rings. The minimum atomic E-state index is -0.419. The van der Waals surface area contributed by atoms with Gasteiger partial charge in [0.2, 0.25) is 5.91 Å². The molecule has 124 valence electrons. The Kier molecular flexibility index (Phi) is 5.73. The lowest BCUT2D eigenvalue weighted by Crippen LogP contribution is -2.29. The summed E-state index contributed by atoms with van der Waals surface area (Å²) in [7, 11) is 1.53. The number of anilines is 1. The largest absolute Gasteiger partial charge is 0.495 e. The fourth-order valence-corrected chi connectivity index (χ4v) is 2.19. The molecule has 0 aliphatic carbocycles. The van der Waals surface area contributed by atoms with Gasteiger partial charge in [-0.05, 0) is 36.3 Å². The van der Waals surface area contributed by atoms with Crippen LogP contribution >= 0.6 is 0 Å². The van der Waals surface area contributed by atoms with E-state index in [1.807, 2.05) is 37.3 Å². The monoisotopic (exact) mass is 324 g/mol. The molecule has 24 heavy (non-hydrogen) atoms. The second kappa shape index (κ2) is 7.97. The SMILES string of the molecule is COc1ccccc1NC(=O)/C(=C\c1ccccc1C)NC(C)=O. The third-order valence-electron chi connectivity index (χ3n) is 3.40. The van der Waals surface area contributed by atoms with Gasteiger partial charge in [0.1, 0.15) is 11.4 Å². The molecule has 2 amide bonds. The van der Waals surface area contributed by atoms with E-state index >= 15 is 0 Å². The van der Waals surface area contributed by atoms with E-state index in [0.29, 0.717) is 11.4 Å². The van der Waals surface area contributed by atoms with Crippen LogP contribution in [0.2, 0.25) is 0 Å². The van der Waals surface area contributed by atoms with E-state index < -0.39 is 5.91 Å². The van der Waals surface area contributed by atoms with Crippen LogP contribution < -0.4 is 15.4 Å². The summed E-state index contributed by atoms with van der Waals surface area (Å²) < 4.78 is 5.22. The van der Waals surface area contributed by atoms with Crippen LogP contribution in [0.25, 0.3) is 6.08 Å². The smallest absolute Gasteiger partial charge is 0.272 e. The number of benzene rings is 2. The van der Waals surface area contributed by atoms with Crippen molar-refractivity contribution in [3.05, 3.63) is 65.4 Å². The van der Waals surface area contributed by atoms with Crippen LogP contribution in [0.15, 0.2) is 54.2 Å². The molecule has 0 fully saturated rings. The van der Waals surface area contributed by atoms with Crippen LogP contribution in [0.3, 0.4) is 0 Å². The molecule has 0 aliphatic heterocycles. The summed E-state index contributed by atoms with van der Waals surface area (Å²) in [5.41, 5.74) is 2.57. The predicted molar refractivity (Wildman–Crippen MR) is 94.6 cm³/mol. The number of ether oxygens (including phenoxy) is 1. The molecule has 0 unspecified atom stereocenters. The number of para-hydroxylation sites is 2. The molecule has 2 rings (SSSR count). The number of aryl methyl sites for hydroxylation is 1. The number of amides is 2. The van der Waals surface area contributed by atoms with Crippen LogP contribution in [0.4, 0.5) is 5.69 Å². The van der Waals surface area contributed by atoms with Crippen molar-refractivity contribution < 1.29 is 14.3 Å². The van der Waals surface area contributed by atoms with E-state index in [-0.39, 0.29) is 11.6 Å². The molecule has 5 heteroatoms. The Morgan fingerprint density at radius 2 is 1.71 bits per heavy atom. The lowest BCUT2D eigenvalue weighted by Gasteiger charge is -2.12. The van der Waals surface area contributed by atoms with Crippen molar-refractivity contribution in [1.82, 2.24) is 5.32 Å². The second-order valence-corrected chi connectivity index (χ2v) is 5.25. The van der Waals surface area contributed by atoms with Gasteiger partial charge < -0.3 is 15.4 Å². The Morgan fingerprint density at radius 1 is 1.04 bits per heavy atom. The highest BCUT2D eigenvalue weighted by Gasteiger charge is 2.14. The Morgan fingerprint density at radius 3 is 2.38 bits per heavy atom. The highest BCUT2D eigenvalue weighted by Crippen LogP contribution is 2.23. The average molecular weight is 324 g/mol. The minimum Gasteiger partial charge on any atom is -0.495 e. The molecule has 5 nitrogen and oxygen atoms in total. The molecule has 0 atom stereocenters. The zero-order chi connectivity index (χ0) is 17.5. The topological polar surface area (TPSA) is 67.4 Å². The molecule has 0 radical (unpaired) electrons. The van der Waals surface area contributed by atoms with E-state index in [1.165, 1.54) is 14.0 Å². The third-order valence-corrected chi connectivity index (χ3v) is 3.40. The van der Waals surface area contributed by atoms with Crippen molar-refractivity contribution in [1.29, 1.82) is 0 Å². The van der Waals surface area contributed by atoms with Crippen LogP contribution in [0, 0.1) is 6.92 Å². The molecular weight excluding hydrogens is 304 g/mol. The van der Waals surface area contributed by atoms with Gasteiger partial charge in [-0.2, -0.15) is 0 Å². The molecule has 0 bridgehead atoms. The first kappa shape index (κ1) is 17.3. The lowest BCUT2D eigenvalue weighted by atomic mass is 10.1. The first-order valence-corrected chi connectivity index (χ1v) is 7.50. The Bertz CT molecular complexity index is 782. The lowest BCUT2D eigenvalue weighted by molar-refractivity contribution is -0.120. The third kappa shape index (κ3) is 4.46. The summed E-state index contributed by atoms with van der Waals surface area (Å²) in [5, 5.41) is 5.34. The van der Waals surface area contributed by atoms with Crippen LogP contribution in [-0.2, 0) is 9.59 Å². The number of nitrogens with one attached hydrogen (secondary N) is 2. The Hall–Kier alpha value is -3.08.